The first-order valence-electron chi connectivity index (χ1n) is 6.11. The van der Waals surface area contributed by atoms with Crippen LogP contribution in [0.1, 0.15) is 5.56 Å². The Morgan fingerprint density at radius 3 is 2.84 bits per heavy atom. The highest BCUT2D eigenvalue weighted by molar-refractivity contribution is 5.85. The van der Waals surface area contributed by atoms with Crippen molar-refractivity contribution in [2.75, 3.05) is 19.7 Å². The van der Waals surface area contributed by atoms with Crippen molar-refractivity contribution < 1.29 is 9.53 Å². The second-order valence-corrected chi connectivity index (χ2v) is 4.28. The largest absolute Gasteiger partial charge is 0.489 e. The Hall–Kier alpha value is -1.52. The van der Waals surface area contributed by atoms with Crippen LogP contribution in [0.2, 0.25) is 0 Å². The molecule has 1 fully saturated rings. The van der Waals surface area contributed by atoms with Gasteiger partial charge in [-0.25, -0.2) is 0 Å². The molecule has 0 radical (unpaired) electrons. The zero-order valence-corrected chi connectivity index (χ0v) is 11.5. The van der Waals surface area contributed by atoms with Crippen molar-refractivity contribution in [1.29, 1.82) is 0 Å². The number of hydrogen-bond acceptors (Lipinski definition) is 3. The van der Waals surface area contributed by atoms with E-state index in [4.69, 9.17) is 4.74 Å². The number of rotatable bonds is 6. The quantitative estimate of drug-likeness (QED) is 0.778. The molecule has 1 aliphatic heterocycles. The topological polar surface area (TPSA) is 50.4 Å². The maximum absolute atomic E-state index is 11.7. The molecule has 0 aliphatic carbocycles. The summed E-state index contributed by atoms with van der Waals surface area (Å²) in [6, 6.07) is 7.71. The Morgan fingerprint density at radius 1 is 1.47 bits per heavy atom. The molecule has 5 heteroatoms. The number of carbonyl (C=O) groups is 1. The van der Waals surface area contributed by atoms with Gasteiger partial charge in [0, 0.05) is 25.2 Å². The van der Waals surface area contributed by atoms with E-state index in [-0.39, 0.29) is 24.2 Å². The van der Waals surface area contributed by atoms with Gasteiger partial charge in [0.05, 0.1) is 5.92 Å². The lowest BCUT2D eigenvalue weighted by Crippen LogP contribution is -2.50. The fourth-order valence-electron chi connectivity index (χ4n) is 1.74. The van der Waals surface area contributed by atoms with Crippen molar-refractivity contribution in [3.05, 3.63) is 42.5 Å². The molecule has 2 N–H and O–H groups in total. The van der Waals surface area contributed by atoms with E-state index in [2.05, 4.69) is 17.2 Å². The summed E-state index contributed by atoms with van der Waals surface area (Å²) in [5.74, 6) is 1.02. The molecule has 19 heavy (non-hydrogen) atoms. The third kappa shape index (κ3) is 4.26. The molecule has 0 unspecified atom stereocenters. The van der Waals surface area contributed by atoms with Crippen molar-refractivity contribution in [1.82, 2.24) is 10.6 Å². The van der Waals surface area contributed by atoms with Gasteiger partial charge < -0.3 is 15.4 Å². The number of nitrogens with one attached hydrogen (secondary N) is 2. The highest BCUT2D eigenvalue weighted by Gasteiger charge is 2.24. The minimum atomic E-state index is 0. The van der Waals surface area contributed by atoms with Crippen molar-refractivity contribution in [2.24, 2.45) is 5.92 Å². The van der Waals surface area contributed by atoms with Crippen LogP contribution in [-0.2, 0) is 11.3 Å². The Bertz CT molecular complexity index is 433. The molecule has 104 valence electrons. The van der Waals surface area contributed by atoms with Crippen molar-refractivity contribution in [3.8, 4) is 5.75 Å². The van der Waals surface area contributed by atoms with Crippen LogP contribution in [0.3, 0.4) is 0 Å². The average molecular weight is 283 g/mol. The smallest absolute Gasteiger partial charge is 0.225 e. The molecule has 0 aromatic heterocycles. The first-order chi connectivity index (χ1) is 8.81. The number of hydrogen-bond donors (Lipinski definition) is 2. The first kappa shape index (κ1) is 15.5. The Balaban J connectivity index is 0.00000180. The molecule has 1 amide bonds. The van der Waals surface area contributed by atoms with Gasteiger partial charge in [-0.15, -0.1) is 12.4 Å². The van der Waals surface area contributed by atoms with E-state index in [1.807, 2.05) is 24.3 Å². The number of para-hydroxylation sites is 1. The number of carbonyl (C=O) groups excluding carboxylic acids is 1. The maximum Gasteiger partial charge on any atom is 0.225 e. The van der Waals surface area contributed by atoms with Crippen LogP contribution in [0.5, 0.6) is 5.75 Å². The van der Waals surface area contributed by atoms with E-state index in [1.165, 1.54) is 0 Å². The fraction of sp³-hybridized carbons (Fsp3) is 0.357. The fourth-order valence-corrected chi connectivity index (χ4v) is 1.74. The van der Waals surface area contributed by atoms with Gasteiger partial charge in [0.15, 0.2) is 0 Å². The lowest BCUT2D eigenvalue weighted by atomic mass is 10.0. The third-order valence-electron chi connectivity index (χ3n) is 2.93. The summed E-state index contributed by atoms with van der Waals surface area (Å²) in [4.78, 5) is 11.7. The van der Waals surface area contributed by atoms with Crippen molar-refractivity contribution >= 4 is 18.3 Å². The van der Waals surface area contributed by atoms with E-state index in [9.17, 15) is 4.79 Å². The Labute approximate surface area is 119 Å². The minimum absolute atomic E-state index is 0. The standard InChI is InChI=1S/C14H18N2O2.ClH/c1-2-7-18-13-6-4-3-5-11(13)10-16-14(17)12-8-15-9-12;/h2-6,12,15H,1,7-10H2,(H,16,17);1H. The SMILES string of the molecule is C=CCOc1ccccc1CNC(=O)C1CNC1.Cl. The average Bonchev–Trinajstić information content (AvgIpc) is 2.32. The van der Waals surface area contributed by atoms with Crippen molar-refractivity contribution in [3.63, 3.8) is 0 Å². The lowest BCUT2D eigenvalue weighted by Gasteiger charge is -2.25. The highest BCUT2D eigenvalue weighted by Crippen LogP contribution is 2.17. The Morgan fingerprint density at radius 2 is 2.21 bits per heavy atom. The molecule has 1 heterocycles. The minimum Gasteiger partial charge on any atom is -0.489 e. The van der Waals surface area contributed by atoms with E-state index in [1.54, 1.807) is 6.08 Å². The van der Waals surface area contributed by atoms with E-state index in [0.717, 1.165) is 24.4 Å². The summed E-state index contributed by atoms with van der Waals surface area (Å²) in [5.41, 5.74) is 0.986. The van der Waals surface area contributed by atoms with Crippen LogP contribution < -0.4 is 15.4 Å². The highest BCUT2D eigenvalue weighted by atomic mass is 35.5. The molecule has 4 nitrogen and oxygen atoms in total. The van der Waals surface area contributed by atoms with Gasteiger partial charge in [0.25, 0.3) is 0 Å². The van der Waals surface area contributed by atoms with Gasteiger partial charge >= 0.3 is 0 Å². The molecule has 0 spiro atoms. The van der Waals surface area contributed by atoms with Crippen LogP contribution in [0.25, 0.3) is 0 Å². The second kappa shape index (κ2) is 7.81. The predicted molar refractivity (Wildman–Crippen MR) is 77.6 cm³/mol. The first-order valence-corrected chi connectivity index (χ1v) is 6.11. The van der Waals surface area contributed by atoms with Crippen LogP contribution in [-0.4, -0.2) is 25.6 Å². The van der Waals surface area contributed by atoms with E-state index < -0.39 is 0 Å². The zero-order chi connectivity index (χ0) is 12.8. The molecule has 1 aliphatic rings. The number of benzene rings is 1. The zero-order valence-electron chi connectivity index (χ0n) is 10.7. The predicted octanol–water partition coefficient (Wildman–Crippen LogP) is 1.51. The number of halogens is 1. The molecule has 0 atom stereocenters. The molecular formula is C14H19ClN2O2. The van der Waals surface area contributed by atoms with Crippen LogP contribution in [0.15, 0.2) is 36.9 Å². The maximum atomic E-state index is 11.7. The van der Waals surface area contributed by atoms with Gasteiger partial charge in [0.2, 0.25) is 5.91 Å². The molecular weight excluding hydrogens is 264 g/mol. The number of amides is 1. The second-order valence-electron chi connectivity index (χ2n) is 4.28. The van der Waals surface area contributed by atoms with Crippen LogP contribution in [0, 0.1) is 5.92 Å². The Kier molecular flexibility index (Phi) is 6.39. The monoisotopic (exact) mass is 282 g/mol. The summed E-state index contributed by atoms with van der Waals surface area (Å²) in [7, 11) is 0. The van der Waals surface area contributed by atoms with Crippen LogP contribution >= 0.6 is 12.4 Å². The summed E-state index contributed by atoms with van der Waals surface area (Å²) < 4.78 is 5.54. The molecule has 2 rings (SSSR count). The summed E-state index contributed by atoms with van der Waals surface area (Å²) in [6.45, 7) is 6.15. The molecule has 0 bridgehead atoms. The van der Waals surface area contributed by atoms with Crippen molar-refractivity contribution in [2.45, 2.75) is 6.54 Å². The normalized spacial score (nSPS) is 13.9. The van der Waals surface area contributed by atoms with Gasteiger partial charge in [-0.05, 0) is 6.07 Å². The van der Waals surface area contributed by atoms with Gasteiger partial charge in [0.1, 0.15) is 12.4 Å². The van der Waals surface area contributed by atoms with E-state index >= 15 is 0 Å². The molecule has 1 aromatic carbocycles. The summed E-state index contributed by atoms with van der Waals surface area (Å²) >= 11 is 0. The van der Waals surface area contributed by atoms with Gasteiger partial charge in [-0.1, -0.05) is 30.9 Å². The van der Waals surface area contributed by atoms with Gasteiger partial charge in [-0.2, -0.15) is 0 Å². The molecule has 1 aromatic rings. The molecule has 0 saturated carbocycles. The van der Waals surface area contributed by atoms with Crippen LogP contribution in [0.4, 0.5) is 0 Å². The third-order valence-corrected chi connectivity index (χ3v) is 2.93. The summed E-state index contributed by atoms with van der Waals surface area (Å²) in [6.07, 6.45) is 1.70. The number of ether oxygens (including phenoxy) is 1. The lowest BCUT2D eigenvalue weighted by molar-refractivity contribution is -0.126. The summed E-state index contributed by atoms with van der Waals surface area (Å²) in [5, 5.41) is 6.02. The van der Waals surface area contributed by atoms with E-state index in [0.29, 0.717) is 13.2 Å². The van der Waals surface area contributed by atoms with Gasteiger partial charge in [-0.3, -0.25) is 4.79 Å². The molecule has 1 saturated heterocycles.